The number of anilines is 1. The average molecular weight is 274 g/mol. The number of pyridine rings is 1. The molecule has 0 fully saturated rings. The van der Waals surface area contributed by atoms with E-state index in [0.717, 1.165) is 22.6 Å². The van der Waals surface area contributed by atoms with Gasteiger partial charge in [0.15, 0.2) is 11.6 Å². The highest BCUT2D eigenvalue weighted by molar-refractivity contribution is 7.16. The number of nitrogens with one attached hydrogen (secondary N) is 1. The minimum Gasteiger partial charge on any atom is -0.370 e. The minimum absolute atomic E-state index is 0.365. The second-order valence-corrected chi connectivity index (χ2v) is 4.82. The van der Waals surface area contributed by atoms with Crippen molar-refractivity contribution in [3.05, 3.63) is 35.7 Å². The van der Waals surface area contributed by atoms with E-state index in [9.17, 15) is 4.39 Å². The molecule has 0 unspecified atom stereocenters. The SMILES string of the molecule is CCNc1nc(-c2ccncc2F)nc2sccc12. The van der Waals surface area contributed by atoms with E-state index in [1.165, 1.54) is 23.7 Å². The van der Waals surface area contributed by atoms with Gasteiger partial charge in [0, 0.05) is 12.7 Å². The Morgan fingerprint density at radius 2 is 2.21 bits per heavy atom. The van der Waals surface area contributed by atoms with E-state index in [0.29, 0.717) is 11.4 Å². The Morgan fingerprint density at radius 1 is 1.32 bits per heavy atom. The molecule has 19 heavy (non-hydrogen) atoms. The first-order valence-electron chi connectivity index (χ1n) is 5.88. The lowest BCUT2D eigenvalue weighted by molar-refractivity contribution is 0.624. The molecule has 4 nitrogen and oxygen atoms in total. The predicted molar refractivity (Wildman–Crippen MR) is 74.8 cm³/mol. The summed E-state index contributed by atoms with van der Waals surface area (Å²) in [6, 6.07) is 3.55. The maximum atomic E-state index is 13.8. The van der Waals surface area contributed by atoms with Crippen molar-refractivity contribution in [1.29, 1.82) is 0 Å². The summed E-state index contributed by atoms with van der Waals surface area (Å²) in [7, 11) is 0. The summed E-state index contributed by atoms with van der Waals surface area (Å²) in [4.78, 5) is 13.4. The van der Waals surface area contributed by atoms with Crippen LogP contribution in [0.1, 0.15) is 6.92 Å². The molecular formula is C13H11FN4S. The Morgan fingerprint density at radius 3 is 3.00 bits per heavy atom. The van der Waals surface area contributed by atoms with Gasteiger partial charge in [-0.3, -0.25) is 4.98 Å². The standard InChI is InChI=1S/C13H11FN4S/c1-2-16-11-9-4-6-19-13(9)18-12(17-11)8-3-5-15-7-10(8)14/h3-7H,2H2,1H3,(H,16,17,18). The zero-order chi connectivity index (χ0) is 13.2. The van der Waals surface area contributed by atoms with E-state index < -0.39 is 5.82 Å². The smallest absolute Gasteiger partial charge is 0.166 e. The average Bonchev–Trinajstić information content (AvgIpc) is 2.88. The van der Waals surface area contributed by atoms with Gasteiger partial charge in [0.05, 0.1) is 17.1 Å². The van der Waals surface area contributed by atoms with E-state index in [4.69, 9.17) is 0 Å². The number of halogens is 1. The Bertz CT molecular complexity index is 725. The molecule has 0 saturated carbocycles. The maximum absolute atomic E-state index is 13.8. The lowest BCUT2D eigenvalue weighted by atomic mass is 10.2. The van der Waals surface area contributed by atoms with Crippen molar-refractivity contribution in [3.8, 4) is 11.4 Å². The van der Waals surface area contributed by atoms with Crippen LogP contribution in [0, 0.1) is 5.82 Å². The number of hydrogen-bond acceptors (Lipinski definition) is 5. The zero-order valence-corrected chi connectivity index (χ0v) is 11.0. The minimum atomic E-state index is -0.416. The van der Waals surface area contributed by atoms with Gasteiger partial charge < -0.3 is 5.32 Å². The Hall–Kier alpha value is -2.08. The summed E-state index contributed by atoms with van der Waals surface area (Å²) in [6.45, 7) is 2.74. The van der Waals surface area contributed by atoms with Crippen LogP contribution in [0.3, 0.4) is 0 Å². The molecule has 1 N–H and O–H groups in total. The molecule has 0 amide bonds. The van der Waals surface area contributed by atoms with Crippen LogP contribution in [0.4, 0.5) is 10.2 Å². The summed E-state index contributed by atoms with van der Waals surface area (Å²) in [5, 5.41) is 6.10. The Labute approximate surface area is 113 Å². The molecule has 3 aromatic heterocycles. The molecular weight excluding hydrogens is 263 g/mol. The van der Waals surface area contributed by atoms with Crippen molar-refractivity contribution in [2.45, 2.75) is 6.92 Å². The van der Waals surface area contributed by atoms with E-state index in [1.807, 2.05) is 18.4 Å². The maximum Gasteiger partial charge on any atom is 0.166 e. The van der Waals surface area contributed by atoms with Crippen molar-refractivity contribution in [2.24, 2.45) is 0 Å². The summed E-state index contributed by atoms with van der Waals surface area (Å²) in [6.07, 6.45) is 2.71. The largest absolute Gasteiger partial charge is 0.370 e. The van der Waals surface area contributed by atoms with Crippen molar-refractivity contribution in [1.82, 2.24) is 15.0 Å². The summed E-state index contributed by atoms with van der Waals surface area (Å²) >= 11 is 1.51. The third-order valence-electron chi connectivity index (χ3n) is 2.68. The zero-order valence-electron chi connectivity index (χ0n) is 10.2. The first-order chi connectivity index (χ1) is 9.29. The van der Waals surface area contributed by atoms with Crippen LogP contribution >= 0.6 is 11.3 Å². The highest BCUT2D eigenvalue weighted by atomic mass is 32.1. The van der Waals surface area contributed by atoms with Gasteiger partial charge in [0.1, 0.15) is 10.6 Å². The molecule has 3 heterocycles. The lowest BCUT2D eigenvalue weighted by Gasteiger charge is -2.07. The second-order valence-electron chi connectivity index (χ2n) is 3.92. The van der Waals surface area contributed by atoms with E-state index >= 15 is 0 Å². The molecule has 0 spiro atoms. The number of thiophene rings is 1. The van der Waals surface area contributed by atoms with Crippen LogP contribution in [-0.4, -0.2) is 21.5 Å². The molecule has 0 aliphatic carbocycles. The molecule has 0 radical (unpaired) electrons. The highest BCUT2D eigenvalue weighted by Crippen LogP contribution is 2.28. The van der Waals surface area contributed by atoms with Crippen LogP contribution in [0.25, 0.3) is 21.6 Å². The number of nitrogens with zero attached hydrogens (tertiary/aromatic N) is 3. The second kappa shape index (κ2) is 4.89. The van der Waals surface area contributed by atoms with Crippen molar-refractivity contribution >= 4 is 27.4 Å². The van der Waals surface area contributed by atoms with Crippen LogP contribution < -0.4 is 5.32 Å². The monoisotopic (exact) mass is 274 g/mol. The molecule has 0 aromatic carbocycles. The van der Waals surface area contributed by atoms with Gasteiger partial charge in [0.2, 0.25) is 0 Å². The third-order valence-corrected chi connectivity index (χ3v) is 3.49. The van der Waals surface area contributed by atoms with Crippen LogP contribution in [-0.2, 0) is 0 Å². The Kier molecular flexibility index (Phi) is 3.08. The molecule has 3 rings (SSSR count). The summed E-state index contributed by atoms with van der Waals surface area (Å²) < 4.78 is 13.8. The molecule has 0 saturated heterocycles. The van der Waals surface area contributed by atoms with Gasteiger partial charge in [-0.15, -0.1) is 11.3 Å². The molecule has 0 atom stereocenters. The van der Waals surface area contributed by atoms with Gasteiger partial charge in [-0.2, -0.15) is 0 Å². The van der Waals surface area contributed by atoms with Crippen LogP contribution in [0.5, 0.6) is 0 Å². The van der Waals surface area contributed by atoms with Crippen molar-refractivity contribution in [2.75, 3.05) is 11.9 Å². The highest BCUT2D eigenvalue weighted by Gasteiger charge is 2.12. The first kappa shape index (κ1) is 12.0. The first-order valence-corrected chi connectivity index (χ1v) is 6.76. The molecule has 0 aliphatic heterocycles. The Balaban J connectivity index is 2.22. The van der Waals surface area contributed by atoms with E-state index in [1.54, 1.807) is 6.07 Å². The molecule has 0 aliphatic rings. The lowest BCUT2D eigenvalue weighted by Crippen LogP contribution is -2.02. The summed E-state index contributed by atoms with van der Waals surface area (Å²) in [5.41, 5.74) is 0.365. The fourth-order valence-corrected chi connectivity index (χ4v) is 2.60. The quantitative estimate of drug-likeness (QED) is 0.796. The van der Waals surface area contributed by atoms with Crippen molar-refractivity contribution < 1.29 is 4.39 Å². The van der Waals surface area contributed by atoms with Gasteiger partial charge in [-0.05, 0) is 24.4 Å². The predicted octanol–water partition coefficient (Wildman–Crippen LogP) is 3.32. The van der Waals surface area contributed by atoms with Gasteiger partial charge in [-0.25, -0.2) is 14.4 Å². The molecule has 6 heteroatoms. The van der Waals surface area contributed by atoms with Gasteiger partial charge >= 0.3 is 0 Å². The third kappa shape index (κ3) is 2.15. The van der Waals surface area contributed by atoms with Crippen LogP contribution in [0.15, 0.2) is 29.9 Å². The normalized spacial score (nSPS) is 10.8. The fourth-order valence-electron chi connectivity index (χ4n) is 1.83. The van der Waals surface area contributed by atoms with Gasteiger partial charge in [-0.1, -0.05) is 0 Å². The molecule has 3 aromatic rings. The van der Waals surface area contributed by atoms with Crippen molar-refractivity contribution in [3.63, 3.8) is 0 Å². The number of rotatable bonds is 3. The summed E-state index contributed by atoms with van der Waals surface area (Å²) in [5.74, 6) is 0.701. The van der Waals surface area contributed by atoms with Gasteiger partial charge in [0.25, 0.3) is 0 Å². The molecule has 96 valence electrons. The molecule has 0 bridgehead atoms. The van der Waals surface area contributed by atoms with Crippen LogP contribution in [0.2, 0.25) is 0 Å². The van der Waals surface area contributed by atoms with E-state index in [2.05, 4.69) is 20.3 Å². The number of hydrogen-bond donors (Lipinski definition) is 1. The number of fused-ring (bicyclic) bond motifs is 1. The number of aromatic nitrogens is 3. The van der Waals surface area contributed by atoms with E-state index in [-0.39, 0.29) is 0 Å². The topological polar surface area (TPSA) is 50.7 Å². The fraction of sp³-hybridized carbons (Fsp3) is 0.154.